The van der Waals surface area contributed by atoms with E-state index in [1.807, 2.05) is 0 Å². The maximum Gasteiger partial charge on any atom is 0.264 e. The number of aromatic nitrogens is 2. The van der Waals surface area contributed by atoms with Crippen LogP contribution in [0.3, 0.4) is 0 Å². The van der Waals surface area contributed by atoms with Crippen molar-refractivity contribution in [2.75, 3.05) is 4.72 Å². The van der Waals surface area contributed by atoms with Gasteiger partial charge in [-0.3, -0.25) is 19.5 Å². The molecule has 0 aliphatic rings. The van der Waals surface area contributed by atoms with Crippen molar-refractivity contribution in [3.63, 3.8) is 0 Å². The number of amides is 1. The average molecular weight is 363 g/mol. The topological polar surface area (TPSA) is 115 Å². The molecule has 24 heavy (non-hydrogen) atoms. The molecule has 0 atom stereocenters. The summed E-state index contributed by atoms with van der Waals surface area (Å²) in [6.45, 7) is 0. The fourth-order valence-corrected chi connectivity index (χ4v) is 3.61. The van der Waals surface area contributed by atoms with Crippen LogP contribution in [0.2, 0.25) is 5.02 Å². The summed E-state index contributed by atoms with van der Waals surface area (Å²) in [6.07, 6.45) is 2.86. The SMILES string of the molecule is NC(=O)c1ccc(Cl)cc1NS(=O)(=O)c1cccc2nccnc12. The summed E-state index contributed by atoms with van der Waals surface area (Å²) in [5.41, 5.74) is 5.93. The van der Waals surface area contributed by atoms with E-state index in [1.165, 1.54) is 36.7 Å². The summed E-state index contributed by atoms with van der Waals surface area (Å²) >= 11 is 5.88. The number of rotatable bonds is 4. The van der Waals surface area contributed by atoms with Crippen LogP contribution >= 0.6 is 11.6 Å². The van der Waals surface area contributed by atoms with Gasteiger partial charge in [0, 0.05) is 17.4 Å². The summed E-state index contributed by atoms with van der Waals surface area (Å²) in [7, 11) is -4.03. The van der Waals surface area contributed by atoms with Crippen LogP contribution in [-0.2, 0) is 10.0 Å². The minimum atomic E-state index is -4.03. The molecule has 3 rings (SSSR count). The zero-order chi connectivity index (χ0) is 17.3. The van der Waals surface area contributed by atoms with Crippen molar-refractivity contribution in [2.24, 2.45) is 5.73 Å². The number of hydrogen-bond donors (Lipinski definition) is 2. The molecule has 7 nitrogen and oxygen atoms in total. The standard InChI is InChI=1S/C15H11ClN4O3S/c16-9-4-5-10(15(17)21)12(8-9)20-24(22,23)13-3-1-2-11-14(13)19-7-6-18-11/h1-8,20H,(H2,17,21). The van der Waals surface area contributed by atoms with Crippen molar-refractivity contribution in [2.45, 2.75) is 4.90 Å². The van der Waals surface area contributed by atoms with Crippen LogP contribution in [0.15, 0.2) is 53.7 Å². The fourth-order valence-electron chi connectivity index (χ4n) is 2.20. The van der Waals surface area contributed by atoms with Gasteiger partial charge in [0.15, 0.2) is 0 Å². The highest BCUT2D eigenvalue weighted by Gasteiger charge is 2.21. The van der Waals surface area contributed by atoms with Crippen LogP contribution in [0, 0.1) is 0 Å². The first kappa shape index (κ1) is 16.2. The number of carbonyl (C=O) groups excluding carboxylic acids is 1. The van der Waals surface area contributed by atoms with Gasteiger partial charge < -0.3 is 5.73 Å². The van der Waals surface area contributed by atoms with Gasteiger partial charge in [-0.2, -0.15) is 0 Å². The van der Waals surface area contributed by atoms with Gasteiger partial charge in [-0.05, 0) is 30.3 Å². The number of nitrogens with zero attached hydrogens (tertiary/aromatic N) is 2. The van der Waals surface area contributed by atoms with E-state index in [1.54, 1.807) is 12.1 Å². The van der Waals surface area contributed by atoms with E-state index >= 15 is 0 Å². The number of sulfonamides is 1. The molecule has 122 valence electrons. The second-order valence-corrected chi connectivity index (χ2v) is 6.93. The Labute approximate surface area is 142 Å². The molecule has 0 fully saturated rings. The first-order valence-electron chi connectivity index (χ1n) is 6.70. The molecule has 0 radical (unpaired) electrons. The van der Waals surface area contributed by atoms with Crippen LogP contribution in [0.4, 0.5) is 5.69 Å². The van der Waals surface area contributed by atoms with Gasteiger partial charge in [0.05, 0.1) is 16.8 Å². The molecule has 1 aromatic heterocycles. The average Bonchev–Trinajstić information content (AvgIpc) is 2.53. The van der Waals surface area contributed by atoms with Crippen molar-refractivity contribution >= 4 is 44.3 Å². The number of halogens is 1. The highest BCUT2D eigenvalue weighted by Crippen LogP contribution is 2.26. The zero-order valence-corrected chi connectivity index (χ0v) is 13.7. The summed E-state index contributed by atoms with van der Waals surface area (Å²) in [5, 5.41) is 0.260. The molecule has 1 amide bonds. The minimum Gasteiger partial charge on any atom is -0.366 e. The first-order chi connectivity index (χ1) is 11.4. The van der Waals surface area contributed by atoms with E-state index in [0.29, 0.717) is 5.52 Å². The number of carbonyl (C=O) groups is 1. The number of anilines is 1. The Balaban J connectivity index is 2.13. The van der Waals surface area contributed by atoms with Crippen molar-refractivity contribution in [3.8, 4) is 0 Å². The third-order valence-electron chi connectivity index (χ3n) is 3.24. The van der Waals surface area contributed by atoms with E-state index in [9.17, 15) is 13.2 Å². The highest BCUT2D eigenvalue weighted by atomic mass is 35.5. The molecule has 1 heterocycles. The number of fused-ring (bicyclic) bond motifs is 1. The lowest BCUT2D eigenvalue weighted by atomic mass is 10.2. The van der Waals surface area contributed by atoms with Gasteiger partial charge in [-0.15, -0.1) is 0 Å². The maximum absolute atomic E-state index is 12.7. The predicted molar refractivity (Wildman–Crippen MR) is 90.3 cm³/mol. The Bertz CT molecular complexity index is 1050. The van der Waals surface area contributed by atoms with Crippen LogP contribution in [0.25, 0.3) is 11.0 Å². The molecule has 0 aliphatic carbocycles. The van der Waals surface area contributed by atoms with Crippen LogP contribution < -0.4 is 10.5 Å². The monoisotopic (exact) mass is 362 g/mol. The molecule has 3 N–H and O–H groups in total. The molecule has 2 aromatic carbocycles. The van der Waals surface area contributed by atoms with Gasteiger partial charge in [-0.25, -0.2) is 8.42 Å². The van der Waals surface area contributed by atoms with Gasteiger partial charge >= 0.3 is 0 Å². The van der Waals surface area contributed by atoms with Crippen molar-refractivity contribution in [1.82, 2.24) is 9.97 Å². The van der Waals surface area contributed by atoms with Crippen molar-refractivity contribution in [1.29, 1.82) is 0 Å². The summed E-state index contributed by atoms with van der Waals surface area (Å²) in [6, 6.07) is 8.71. The third kappa shape index (κ3) is 3.01. The first-order valence-corrected chi connectivity index (χ1v) is 8.56. The van der Waals surface area contributed by atoms with E-state index in [4.69, 9.17) is 17.3 Å². The summed E-state index contributed by atoms with van der Waals surface area (Å²) < 4.78 is 27.8. The Kier molecular flexibility index (Phi) is 4.08. The maximum atomic E-state index is 12.7. The quantitative estimate of drug-likeness (QED) is 0.738. The third-order valence-corrected chi connectivity index (χ3v) is 4.87. The van der Waals surface area contributed by atoms with Crippen molar-refractivity contribution < 1.29 is 13.2 Å². The van der Waals surface area contributed by atoms with Gasteiger partial charge in [0.1, 0.15) is 10.4 Å². The van der Waals surface area contributed by atoms with Crippen molar-refractivity contribution in [3.05, 3.63) is 59.4 Å². The second kappa shape index (κ2) is 6.06. The number of primary amides is 1. The lowest BCUT2D eigenvalue weighted by Gasteiger charge is -2.12. The smallest absolute Gasteiger partial charge is 0.264 e. The lowest BCUT2D eigenvalue weighted by Crippen LogP contribution is -2.19. The second-order valence-electron chi connectivity index (χ2n) is 4.84. The predicted octanol–water partition coefficient (Wildman–Crippen LogP) is 2.18. The summed E-state index contributed by atoms with van der Waals surface area (Å²) in [4.78, 5) is 19.6. The van der Waals surface area contributed by atoms with E-state index in [-0.39, 0.29) is 26.7 Å². The molecule has 0 unspecified atom stereocenters. The molecule has 0 saturated carbocycles. The Hall–Kier alpha value is -2.71. The van der Waals surface area contributed by atoms with E-state index in [0.717, 1.165) is 0 Å². The van der Waals surface area contributed by atoms with E-state index in [2.05, 4.69) is 14.7 Å². The Morgan fingerprint density at radius 3 is 2.62 bits per heavy atom. The normalized spacial score (nSPS) is 11.4. The summed E-state index contributed by atoms with van der Waals surface area (Å²) in [5.74, 6) is -0.776. The van der Waals surface area contributed by atoms with Crippen LogP contribution in [0.1, 0.15) is 10.4 Å². The largest absolute Gasteiger partial charge is 0.366 e. The molecule has 0 bridgehead atoms. The number of nitrogens with two attached hydrogens (primary N) is 1. The van der Waals surface area contributed by atoms with Crippen LogP contribution in [0.5, 0.6) is 0 Å². The van der Waals surface area contributed by atoms with Gasteiger partial charge in [-0.1, -0.05) is 17.7 Å². The molecule has 9 heteroatoms. The van der Waals surface area contributed by atoms with E-state index < -0.39 is 15.9 Å². The number of nitrogens with one attached hydrogen (secondary N) is 1. The molecule has 3 aromatic rings. The van der Waals surface area contributed by atoms with Crippen LogP contribution in [-0.4, -0.2) is 24.3 Å². The lowest BCUT2D eigenvalue weighted by molar-refractivity contribution is 0.100. The number of para-hydroxylation sites is 1. The Morgan fingerprint density at radius 1 is 1.12 bits per heavy atom. The highest BCUT2D eigenvalue weighted by molar-refractivity contribution is 7.93. The number of benzene rings is 2. The fraction of sp³-hybridized carbons (Fsp3) is 0. The molecular formula is C15H11ClN4O3S. The molecular weight excluding hydrogens is 352 g/mol. The molecule has 0 aliphatic heterocycles. The molecule has 0 spiro atoms. The molecule has 0 saturated heterocycles. The zero-order valence-electron chi connectivity index (χ0n) is 12.1. The Morgan fingerprint density at radius 2 is 1.88 bits per heavy atom. The minimum absolute atomic E-state index is 0.00380. The van der Waals surface area contributed by atoms with Gasteiger partial charge in [0.25, 0.3) is 15.9 Å². The number of hydrogen-bond acceptors (Lipinski definition) is 5. The van der Waals surface area contributed by atoms with Gasteiger partial charge in [0.2, 0.25) is 0 Å².